The molecule has 0 spiro atoms. The zero-order valence-electron chi connectivity index (χ0n) is 16.1. The minimum absolute atomic E-state index is 0.00142. The largest absolute Gasteiger partial charge is 0.489 e. The second-order valence-electron chi connectivity index (χ2n) is 6.76. The smallest absolute Gasteiger partial charge is 0.325 e. The number of ether oxygens (including phenoxy) is 3. The molecule has 2 aliphatic rings. The number of carbonyl (C=O) groups excluding carboxylic acids is 2. The molecule has 2 heterocycles. The molecule has 9 nitrogen and oxygen atoms in total. The molecular weight excluding hydrogens is 424 g/mol. The summed E-state index contributed by atoms with van der Waals surface area (Å²) in [6.07, 6.45) is 0.454. The van der Waals surface area contributed by atoms with Crippen LogP contribution in [0.3, 0.4) is 0 Å². The van der Waals surface area contributed by atoms with Crippen molar-refractivity contribution in [2.45, 2.75) is 37.3 Å². The molecule has 0 saturated carbocycles. The van der Waals surface area contributed by atoms with Crippen LogP contribution in [0.25, 0.3) is 0 Å². The van der Waals surface area contributed by atoms with Gasteiger partial charge in [0, 0.05) is 18.5 Å². The molecule has 1 aromatic carbocycles. The average molecular weight is 447 g/mol. The normalized spacial score (nSPS) is 21.9. The molecule has 0 aromatic heterocycles. The van der Waals surface area contributed by atoms with Gasteiger partial charge in [-0.15, -0.1) is 0 Å². The van der Waals surface area contributed by atoms with Crippen molar-refractivity contribution in [3.05, 3.63) is 22.7 Å². The molecule has 2 aliphatic heterocycles. The molecule has 1 saturated heterocycles. The number of benzene rings is 1. The van der Waals surface area contributed by atoms with Crippen LogP contribution in [-0.2, 0) is 35.5 Å². The Morgan fingerprint density at radius 1 is 1.38 bits per heavy atom. The summed E-state index contributed by atoms with van der Waals surface area (Å²) in [6, 6.07) is 1.75. The van der Waals surface area contributed by atoms with Crippen LogP contribution < -0.4 is 10.1 Å². The molecule has 2 unspecified atom stereocenters. The molecule has 2 atom stereocenters. The lowest BCUT2D eigenvalue weighted by Gasteiger charge is -2.33. The van der Waals surface area contributed by atoms with Gasteiger partial charge >= 0.3 is 5.97 Å². The van der Waals surface area contributed by atoms with Crippen LogP contribution in [0.5, 0.6) is 5.75 Å². The topological polar surface area (TPSA) is 111 Å². The third-order valence-electron chi connectivity index (χ3n) is 4.62. The minimum Gasteiger partial charge on any atom is -0.489 e. The lowest BCUT2D eigenvalue weighted by Crippen LogP contribution is -2.56. The van der Waals surface area contributed by atoms with Gasteiger partial charge in [-0.25, -0.2) is 8.42 Å². The van der Waals surface area contributed by atoms with E-state index in [0.29, 0.717) is 17.7 Å². The first-order valence-corrected chi connectivity index (χ1v) is 11.1. The maximum atomic E-state index is 13.3. The molecule has 11 heteroatoms. The second kappa shape index (κ2) is 8.86. The average Bonchev–Trinajstić information content (AvgIpc) is 3.07. The van der Waals surface area contributed by atoms with Crippen molar-refractivity contribution < 1.29 is 32.2 Å². The first kappa shape index (κ1) is 21.8. The number of fused-ring (bicyclic) bond motifs is 1. The number of carbonyl (C=O) groups is 2. The molecule has 1 aromatic rings. The highest BCUT2D eigenvalue weighted by Crippen LogP contribution is 2.38. The lowest BCUT2D eigenvalue weighted by molar-refractivity contribution is -0.144. The fraction of sp³-hybridized carbons (Fsp3) is 0.556. The van der Waals surface area contributed by atoms with Gasteiger partial charge in [-0.2, -0.15) is 4.31 Å². The highest BCUT2D eigenvalue weighted by Gasteiger charge is 2.39. The highest BCUT2D eigenvalue weighted by atomic mass is 35.5. The van der Waals surface area contributed by atoms with Gasteiger partial charge in [0.2, 0.25) is 15.9 Å². The van der Waals surface area contributed by atoms with Crippen molar-refractivity contribution in [3.8, 4) is 5.75 Å². The van der Waals surface area contributed by atoms with Crippen molar-refractivity contribution >= 4 is 33.5 Å². The monoisotopic (exact) mass is 446 g/mol. The predicted octanol–water partition coefficient (Wildman–Crippen LogP) is 0.732. The number of nitrogens with zero attached hydrogens (tertiary/aromatic N) is 1. The molecule has 3 rings (SSSR count). The van der Waals surface area contributed by atoms with E-state index in [9.17, 15) is 18.0 Å². The third-order valence-corrected chi connectivity index (χ3v) is 6.79. The second-order valence-corrected chi connectivity index (χ2v) is 9.05. The molecule has 1 N–H and O–H groups in total. The maximum Gasteiger partial charge on any atom is 0.325 e. The fourth-order valence-electron chi connectivity index (χ4n) is 3.31. The number of nitrogens with one attached hydrogen (secondary N) is 1. The Hall–Kier alpha value is -1.88. The van der Waals surface area contributed by atoms with E-state index >= 15 is 0 Å². The molecular formula is C18H23ClN2O7S. The molecule has 1 fully saturated rings. The van der Waals surface area contributed by atoms with E-state index in [1.165, 1.54) is 12.1 Å². The summed E-state index contributed by atoms with van der Waals surface area (Å²) in [5.41, 5.74) is 0.708. The van der Waals surface area contributed by atoms with Crippen molar-refractivity contribution in [2.75, 3.05) is 32.9 Å². The van der Waals surface area contributed by atoms with Crippen molar-refractivity contribution in [1.82, 2.24) is 9.62 Å². The number of hydrogen-bond acceptors (Lipinski definition) is 7. The van der Waals surface area contributed by atoms with E-state index in [0.717, 1.165) is 4.31 Å². The lowest BCUT2D eigenvalue weighted by atomic mass is 10.1. The Labute approximate surface area is 174 Å². The van der Waals surface area contributed by atoms with Gasteiger partial charge in [-0.1, -0.05) is 11.6 Å². The van der Waals surface area contributed by atoms with E-state index in [-0.39, 0.29) is 48.9 Å². The number of rotatable bonds is 6. The summed E-state index contributed by atoms with van der Waals surface area (Å²) >= 11 is 6.23. The van der Waals surface area contributed by atoms with E-state index in [1.54, 1.807) is 6.92 Å². The van der Waals surface area contributed by atoms with Gasteiger partial charge in [-0.3, -0.25) is 9.59 Å². The maximum absolute atomic E-state index is 13.3. The van der Waals surface area contributed by atoms with Gasteiger partial charge in [0.1, 0.15) is 24.4 Å². The Balaban J connectivity index is 1.83. The van der Waals surface area contributed by atoms with Crippen LogP contribution in [0.1, 0.15) is 19.4 Å². The molecule has 29 heavy (non-hydrogen) atoms. The van der Waals surface area contributed by atoms with Crippen molar-refractivity contribution in [3.63, 3.8) is 0 Å². The third kappa shape index (κ3) is 4.66. The Morgan fingerprint density at radius 2 is 2.14 bits per heavy atom. The number of hydrogen-bond donors (Lipinski definition) is 1. The highest BCUT2D eigenvalue weighted by molar-refractivity contribution is 7.89. The Bertz CT molecular complexity index is 906. The quantitative estimate of drug-likeness (QED) is 0.641. The van der Waals surface area contributed by atoms with E-state index in [4.69, 9.17) is 25.8 Å². The van der Waals surface area contributed by atoms with Crippen molar-refractivity contribution in [2.24, 2.45) is 0 Å². The molecule has 0 radical (unpaired) electrons. The van der Waals surface area contributed by atoms with Crippen LogP contribution >= 0.6 is 11.6 Å². The van der Waals surface area contributed by atoms with Crippen LogP contribution in [0.15, 0.2) is 17.0 Å². The van der Waals surface area contributed by atoms with Crippen LogP contribution in [0, 0.1) is 0 Å². The van der Waals surface area contributed by atoms with Gasteiger partial charge in [0.25, 0.3) is 0 Å². The van der Waals surface area contributed by atoms with Crippen LogP contribution in [0.4, 0.5) is 0 Å². The summed E-state index contributed by atoms with van der Waals surface area (Å²) in [5.74, 6) is -0.749. The summed E-state index contributed by atoms with van der Waals surface area (Å²) in [6.45, 7) is 3.39. The van der Waals surface area contributed by atoms with Crippen LogP contribution in [-0.4, -0.2) is 69.7 Å². The Morgan fingerprint density at radius 3 is 2.86 bits per heavy atom. The van der Waals surface area contributed by atoms with Gasteiger partial charge in [0.05, 0.1) is 29.7 Å². The molecule has 160 valence electrons. The fourth-order valence-corrected chi connectivity index (χ4v) is 5.30. The summed E-state index contributed by atoms with van der Waals surface area (Å²) in [7, 11) is -4.03. The summed E-state index contributed by atoms with van der Waals surface area (Å²) < 4.78 is 43.3. The van der Waals surface area contributed by atoms with Crippen molar-refractivity contribution in [1.29, 1.82) is 0 Å². The number of halogens is 1. The summed E-state index contributed by atoms with van der Waals surface area (Å²) in [5, 5.41) is 2.61. The predicted molar refractivity (Wildman–Crippen MR) is 103 cm³/mol. The van der Waals surface area contributed by atoms with Crippen LogP contribution in [0.2, 0.25) is 5.02 Å². The van der Waals surface area contributed by atoms with Gasteiger partial charge in [-0.05, 0) is 26.0 Å². The summed E-state index contributed by atoms with van der Waals surface area (Å²) in [4.78, 5) is 24.0. The minimum atomic E-state index is -4.03. The zero-order chi connectivity index (χ0) is 21.2. The SMILES string of the molecule is CCOC(=O)CNC(=O)C1COCCN1S(=O)(=O)c1cc(Cl)c2c(c1)CC(C)O2. The first-order valence-electron chi connectivity index (χ1n) is 9.26. The first-order chi connectivity index (χ1) is 13.7. The molecule has 0 bridgehead atoms. The number of morpholine rings is 1. The standard InChI is InChI=1S/C18H23ClN2O7S/c1-3-27-16(22)9-20-18(23)15-10-26-5-4-21(15)29(24,25)13-7-12-6-11(2)28-17(12)14(19)8-13/h7-8,11,15H,3-6,9-10H2,1-2H3,(H,20,23). The van der Waals surface area contributed by atoms with E-state index < -0.39 is 27.9 Å². The number of amides is 1. The van der Waals surface area contributed by atoms with E-state index in [2.05, 4.69) is 5.32 Å². The zero-order valence-corrected chi connectivity index (χ0v) is 17.7. The number of sulfonamides is 1. The molecule has 0 aliphatic carbocycles. The number of esters is 1. The Kier molecular flexibility index (Phi) is 6.67. The molecule has 1 amide bonds. The van der Waals surface area contributed by atoms with E-state index in [1.807, 2.05) is 6.92 Å². The van der Waals surface area contributed by atoms with Gasteiger partial charge in [0.15, 0.2) is 0 Å². The van der Waals surface area contributed by atoms with Gasteiger partial charge < -0.3 is 19.5 Å².